The lowest BCUT2D eigenvalue weighted by atomic mass is 10.2. The number of nitrogens with zero attached hydrogens (tertiary/aromatic N) is 3. The Morgan fingerprint density at radius 2 is 2.00 bits per heavy atom. The van der Waals surface area contributed by atoms with Gasteiger partial charge in [-0.2, -0.15) is 9.40 Å². The van der Waals surface area contributed by atoms with Gasteiger partial charge in [0.25, 0.3) is 0 Å². The van der Waals surface area contributed by atoms with Gasteiger partial charge in [-0.1, -0.05) is 13.8 Å². The maximum absolute atomic E-state index is 12.8. The monoisotopic (exact) mass is 382 g/mol. The molecule has 26 heavy (non-hydrogen) atoms. The molecule has 0 radical (unpaired) electrons. The summed E-state index contributed by atoms with van der Waals surface area (Å²) in [4.78, 5) is 12.5. The molecule has 0 aliphatic rings. The highest BCUT2D eigenvalue weighted by Gasteiger charge is 2.29. The average molecular weight is 382 g/mol. The van der Waals surface area contributed by atoms with Gasteiger partial charge in [0.05, 0.1) is 23.7 Å². The molecule has 1 N–H and O–H groups in total. The number of amides is 1. The van der Waals surface area contributed by atoms with E-state index in [9.17, 15) is 13.2 Å². The minimum Gasteiger partial charge on any atom is -0.467 e. The van der Waals surface area contributed by atoms with E-state index < -0.39 is 10.0 Å². The normalized spacial score (nSPS) is 13.2. The third-order valence-electron chi connectivity index (χ3n) is 4.26. The molecule has 2 rings (SSSR count). The van der Waals surface area contributed by atoms with Crippen LogP contribution in [0, 0.1) is 13.8 Å². The number of aryl methyl sites for hydroxylation is 1. The highest BCUT2D eigenvalue weighted by atomic mass is 32.2. The lowest BCUT2D eigenvalue weighted by Gasteiger charge is -2.18. The average Bonchev–Trinajstić information content (AvgIpc) is 3.17. The zero-order valence-electron chi connectivity index (χ0n) is 15.8. The first-order chi connectivity index (χ1) is 12.2. The molecule has 2 aromatic heterocycles. The van der Waals surface area contributed by atoms with Crippen LogP contribution in [0.4, 0.5) is 0 Å². The SMILES string of the molecule is CCN(CC)S(=O)(=O)c1c(C)nn(CC(=O)NC(C)c2ccco2)c1C. The highest BCUT2D eigenvalue weighted by molar-refractivity contribution is 7.89. The third kappa shape index (κ3) is 3.99. The molecule has 0 spiro atoms. The molecular weight excluding hydrogens is 356 g/mol. The van der Waals surface area contributed by atoms with Gasteiger partial charge in [0.15, 0.2) is 0 Å². The number of carbonyl (C=O) groups is 1. The van der Waals surface area contributed by atoms with Gasteiger partial charge >= 0.3 is 0 Å². The molecule has 2 heterocycles. The van der Waals surface area contributed by atoms with Crippen molar-refractivity contribution < 1.29 is 17.6 Å². The Labute approximate surface area is 154 Å². The number of hydrogen-bond donors (Lipinski definition) is 1. The molecule has 144 valence electrons. The Bertz CT molecular complexity index is 852. The Hall–Kier alpha value is -2.13. The molecule has 0 aliphatic carbocycles. The van der Waals surface area contributed by atoms with E-state index in [4.69, 9.17) is 4.42 Å². The third-order valence-corrected chi connectivity index (χ3v) is 6.56. The van der Waals surface area contributed by atoms with Crippen LogP contribution in [0.15, 0.2) is 27.7 Å². The van der Waals surface area contributed by atoms with Crippen molar-refractivity contribution >= 4 is 15.9 Å². The van der Waals surface area contributed by atoms with Crippen molar-refractivity contribution in [2.24, 2.45) is 0 Å². The molecule has 1 amide bonds. The minimum atomic E-state index is -3.63. The van der Waals surface area contributed by atoms with E-state index in [2.05, 4.69) is 10.4 Å². The molecule has 0 aliphatic heterocycles. The first-order valence-electron chi connectivity index (χ1n) is 8.59. The number of rotatable bonds is 8. The summed E-state index contributed by atoms with van der Waals surface area (Å²) in [6, 6.07) is 3.25. The van der Waals surface area contributed by atoms with Crippen molar-refractivity contribution in [2.75, 3.05) is 13.1 Å². The number of hydrogen-bond acceptors (Lipinski definition) is 5. The summed E-state index contributed by atoms with van der Waals surface area (Å²) in [5.74, 6) is 0.378. The van der Waals surface area contributed by atoms with Gasteiger partial charge in [-0.15, -0.1) is 0 Å². The predicted octanol–water partition coefficient (Wildman–Crippen LogP) is 2.00. The molecule has 1 atom stereocenters. The van der Waals surface area contributed by atoms with E-state index in [1.165, 1.54) is 8.99 Å². The Balaban J connectivity index is 2.21. The Kier molecular flexibility index (Phi) is 6.25. The van der Waals surface area contributed by atoms with Crippen molar-refractivity contribution in [2.45, 2.75) is 52.1 Å². The van der Waals surface area contributed by atoms with E-state index in [1.54, 1.807) is 46.1 Å². The fourth-order valence-electron chi connectivity index (χ4n) is 2.93. The van der Waals surface area contributed by atoms with Gasteiger partial charge in [-0.25, -0.2) is 8.42 Å². The minimum absolute atomic E-state index is 0.0640. The second kappa shape index (κ2) is 8.05. The lowest BCUT2D eigenvalue weighted by molar-refractivity contribution is -0.122. The molecule has 0 bridgehead atoms. The quantitative estimate of drug-likeness (QED) is 0.753. The molecule has 0 saturated carbocycles. The number of furan rings is 1. The van der Waals surface area contributed by atoms with Crippen LogP contribution < -0.4 is 5.32 Å². The molecule has 0 aromatic carbocycles. The topological polar surface area (TPSA) is 97.4 Å². The van der Waals surface area contributed by atoms with Crippen LogP contribution in [0.5, 0.6) is 0 Å². The number of carbonyl (C=O) groups excluding carboxylic acids is 1. The van der Waals surface area contributed by atoms with E-state index >= 15 is 0 Å². The number of aromatic nitrogens is 2. The van der Waals surface area contributed by atoms with Crippen molar-refractivity contribution in [1.29, 1.82) is 0 Å². The maximum Gasteiger partial charge on any atom is 0.246 e. The van der Waals surface area contributed by atoms with Crippen LogP contribution in [0.3, 0.4) is 0 Å². The van der Waals surface area contributed by atoms with Crippen LogP contribution in [-0.2, 0) is 21.4 Å². The van der Waals surface area contributed by atoms with E-state index in [0.29, 0.717) is 30.2 Å². The van der Waals surface area contributed by atoms with Crippen molar-refractivity contribution in [3.63, 3.8) is 0 Å². The Morgan fingerprint density at radius 3 is 2.54 bits per heavy atom. The summed E-state index contributed by atoms with van der Waals surface area (Å²) in [5, 5.41) is 7.08. The lowest BCUT2D eigenvalue weighted by Crippen LogP contribution is -2.32. The summed E-state index contributed by atoms with van der Waals surface area (Å²) in [5.41, 5.74) is 0.844. The van der Waals surface area contributed by atoms with E-state index in [1.807, 2.05) is 6.92 Å². The largest absolute Gasteiger partial charge is 0.467 e. The summed E-state index contributed by atoms with van der Waals surface area (Å²) in [6.45, 7) is 9.40. The van der Waals surface area contributed by atoms with Gasteiger partial charge in [-0.3, -0.25) is 9.48 Å². The van der Waals surface area contributed by atoms with E-state index in [0.717, 1.165) is 0 Å². The first-order valence-corrected chi connectivity index (χ1v) is 10.0. The summed E-state index contributed by atoms with van der Waals surface area (Å²) in [7, 11) is -3.63. The van der Waals surface area contributed by atoms with Gasteiger partial charge in [0, 0.05) is 13.1 Å². The van der Waals surface area contributed by atoms with Gasteiger partial charge in [0.2, 0.25) is 15.9 Å². The highest BCUT2D eigenvalue weighted by Crippen LogP contribution is 2.23. The van der Waals surface area contributed by atoms with Crippen LogP contribution in [0.1, 0.15) is 44.0 Å². The second-order valence-electron chi connectivity index (χ2n) is 6.05. The second-order valence-corrected chi connectivity index (χ2v) is 7.93. The molecule has 8 nitrogen and oxygen atoms in total. The van der Waals surface area contributed by atoms with Crippen LogP contribution in [0.25, 0.3) is 0 Å². The van der Waals surface area contributed by atoms with Crippen LogP contribution in [0.2, 0.25) is 0 Å². The molecular formula is C17H26N4O4S. The first kappa shape index (κ1) is 20.2. The molecule has 1 unspecified atom stereocenters. The fourth-order valence-corrected chi connectivity index (χ4v) is 4.76. The summed E-state index contributed by atoms with van der Waals surface area (Å²) in [6.07, 6.45) is 1.54. The zero-order valence-corrected chi connectivity index (χ0v) is 16.6. The predicted molar refractivity (Wildman–Crippen MR) is 97.1 cm³/mol. The van der Waals surface area contributed by atoms with Crippen LogP contribution >= 0.6 is 0 Å². The van der Waals surface area contributed by atoms with Gasteiger partial charge in [-0.05, 0) is 32.9 Å². The number of nitrogens with one attached hydrogen (secondary N) is 1. The molecule has 2 aromatic rings. The van der Waals surface area contributed by atoms with Crippen molar-refractivity contribution in [3.05, 3.63) is 35.5 Å². The number of sulfonamides is 1. The maximum atomic E-state index is 12.8. The van der Waals surface area contributed by atoms with Gasteiger partial charge < -0.3 is 9.73 Å². The van der Waals surface area contributed by atoms with Crippen molar-refractivity contribution in [3.8, 4) is 0 Å². The van der Waals surface area contributed by atoms with Crippen LogP contribution in [-0.4, -0.2) is 41.5 Å². The zero-order chi connectivity index (χ0) is 19.5. The van der Waals surface area contributed by atoms with Gasteiger partial charge in [0.1, 0.15) is 17.2 Å². The summed E-state index contributed by atoms with van der Waals surface area (Å²) < 4.78 is 33.7. The molecule has 0 fully saturated rings. The Morgan fingerprint density at radius 1 is 1.35 bits per heavy atom. The molecule has 9 heteroatoms. The fraction of sp³-hybridized carbons (Fsp3) is 0.529. The smallest absolute Gasteiger partial charge is 0.246 e. The van der Waals surface area contributed by atoms with E-state index in [-0.39, 0.29) is 23.4 Å². The van der Waals surface area contributed by atoms with Crippen molar-refractivity contribution in [1.82, 2.24) is 19.4 Å². The molecule has 0 saturated heterocycles. The summed E-state index contributed by atoms with van der Waals surface area (Å²) >= 11 is 0. The standard InChI is InChI=1S/C17H26N4O4S/c1-6-20(7-2)26(23,24)17-13(4)19-21(14(17)5)11-16(22)18-12(3)15-9-8-10-25-15/h8-10,12H,6-7,11H2,1-5H3,(H,18,22).